The Kier molecular flexibility index (Phi) is 68.3. The number of unbranched alkanes of at least 4 members (excludes halogenated alkanes) is 41. The van der Waals surface area contributed by atoms with Crippen molar-refractivity contribution >= 4 is 13.7 Å². The Labute approximate surface area is 559 Å². The molecule has 3 unspecified atom stereocenters. The number of likely N-dealkylation sites (N-methyl/N-ethyl adjacent to an activating group) is 1. The summed E-state index contributed by atoms with van der Waals surface area (Å²) in [5.41, 5.74) is 0. The average molecular weight is 1280 g/mol. The minimum Gasteiger partial charge on any atom is -0.387 e. The van der Waals surface area contributed by atoms with Crippen molar-refractivity contribution in [3.05, 3.63) is 109 Å². The molecule has 0 aromatic carbocycles. The number of carbonyl (C=O) groups excluding carboxylic acids is 1. The highest BCUT2D eigenvalue weighted by molar-refractivity contribution is 7.47. The molecule has 0 spiro atoms. The quantitative estimate of drug-likeness (QED) is 0.0243. The summed E-state index contributed by atoms with van der Waals surface area (Å²) < 4.78 is 23.8. The first-order valence-corrected chi connectivity index (χ1v) is 39.8. The number of aliphatic hydroxyl groups excluding tert-OH is 1. The van der Waals surface area contributed by atoms with Gasteiger partial charge in [-0.1, -0.05) is 361 Å². The van der Waals surface area contributed by atoms with Crippen LogP contribution in [0.3, 0.4) is 0 Å². The Morgan fingerprint density at radius 3 is 1.02 bits per heavy atom. The van der Waals surface area contributed by atoms with Gasteiger partial charge in [0.25, 0.3) is 0 Å². The fraction of sp³-hybridized carbons (Fsp3) is 0.765. The van der Waals surface area contributed by atoms with E-state index in [2.05, 4.69) is 116 Å². The molecular weight excluding hydrogens is 1130 g/mol. The number of carbonyl (C=O) groups is 1. The maximum atomic E-state index is 13.1. The third kappa shape index (κ3) is 72.6. The monoisotopic (exact) mass is 1280 g/mol. The van der Waals surface area contributed by atoms with E-state index in [0.717, 1.165) is 83.5 Å². The molecule has 0 aliphatic carbocycles. The van der Waals surface area contributed by atoms with Gasteiger partial charge in [-0.05, 0) is 89.9 Å². The molecule has 0 fully saturated rings. The summed E-state index contributed by atoms with van der Waals surface area (Å²) in [5.74, 6) is -0.185. The van der Waals surface area contributed by atoms with E-state index in [1.807, 2.05) is 27.2 Å². The van der Waals surface area contributed by atoms with Gasteiger partial charge < -0.3 is 19.8 Å². The van der Waals surface area contributed by atoms with E-state index in [1.54, 1.807) is 6.08 Å². The molecule has 0 heterocycles. The largest absolute Gasteiger partial charge is 0.472 e. The summed E-state index contributed by atoms with van der Waals surface area (Å²) in [6.07, 6.45) is 104. The molecule has 90 heavy (non-hydrogen) atoms. The summed E-state index contributed by atoms with van der Waals surface area (Å²) in [5, 5.41) is 14.0. The minimum absolute atomic E-state index is 0.0539. The maximum Gasteiger partial charge on any atom is 0.472 e. The van der Waals surface area contributed by atoms with Crippen molar-refractivity contribution in [2.24, 2.45) is 0 Å². The summed E-state index contributed by atoms with van der Waals surface area (Å²) in [6, 6.07) is -0.870. The van der Waals surface area contributed by atoms with E-state index < -0.39 is 20.0 Å². The molecule has 0 aromatic rings. The molecule has 3 N–H and O–H groups in total. The zero-order valence-corrected chi connectivity index (χ0v) is 60.8. The molecule has 0 rings (SSSR count). The summed E-state index contributed by atoms with van der Waals surface area (Å²) >= 11 is 0. The van der Waals surface area contributed by atoms with E-state index >= 15 is 0 Å². The van der Waals surface area contributed by atoms with Crippen molar-refractivity contribution in [2.75, 3.05) is 40.9 Å². The van der Waals surface area contributed by atoms with E-state index in [9.17, 15) is 19.4 Å². The standard InChI is InChI=1S/C81H147N2O6P/c1-6-8-10-12-14-16-18-20-22-24-26-28-30-32-34-36-37-38-39-40-41-42-43-44-45-47-49-51-53-55-57-59-61-63-65-67-69-71-73-75-81(85)82-79(78-89-90(86,87)88-77-76-83(3,4)5)80(84)74-72-70-68-66-64-62-60-58-56-54-52-50-48-46-35-33-31-29-27-25-23-21-19-17-15-13-11-9-7-2/h8,10,14,16,20,22,26,28,32,34,37-38,40-41,64,66,72,74,79-80,84H,6-7,9,11-13,15,17-19,21,23-25,27,29-31,33,35-36,39,42-63,65,67-71,73,75-78H2,1-5H3,(H-,82,85,86,87)/p+1/b10-8-,16-14-,22-20-,28-26-,34-32-,38-37-,41-40-,66-64+,74-72+. The minimum atomic E-state index is -4.37. The maximum absolute atomic E-state index is 13.1. The van der Waals surface area contributed by atoms with Crippen LogP contribution in [0, 0.1) is 0 Å². The Hall–Kier alpha value is -2.84. The SMILES string of the molecule is CC/C=C\C/C=C\C/C=C\C/C=C\C/C=C\C/C=C\C/C=C\CCCCCCCCCCCCCCCCCCCC(=O)NC(COP(=O)(O)OCC[N+](C)(C)C)C(O)/C=C/CC/C=C/CCCCCCCCCCCCCCCCCCCCCCCCC. The molecular formula is C81H148N2O6P+. The van der Waals surface area contributed by atoms with Crippen LogP contribution < -0.4 is 5.32 Å². The Balaban J connectivity index is 4.04. The number of quaternary nitrogens is 1. The van der Waals surface area contributed by atoms with Crippen LogP contribution in [-0.2, 0) is 18.4 Å². The number of hydrogen-bond donors (Lipinski definition) is 3. The molecule has 8 nitrogen and oxygen atoms in total. The van der Waals surface area contributed by atoms with Gasteiger partial charge in [0.05, 0.1) is 39.9 Å². The number of phosphoric acid groups is 1. The lowest BCUT2D eigenvalue weighted by atomic mass is 10.0. The molecule has 3 atom stereocenters. The van der Waals surface area contributed by atoms with Crippen LogP contribution in [0.25, 0.3) is 0 Å². The highest BCUT2D eigenvalue weighted by Gasteiger charge is 2.28. The first-order chi connectivity index (χ1) is 44.0. The smallest absolute Gasteiger partial charge is 0.387 e. The zero-order chi connectivity index (χ0) is 65.5. The van der Waals surface area contributed by atoms with Crippen molar-refractivity contribution in [1.82, 2.24) is 5.32 Å². The summed E-state index contributed by atoms with van der Waals surface area (Å²) in [4.78, 5) is 23.5. The first kappa shape index (κ1) is 87.2. The van der Waals surface area contributed by atoms with Crippen LogP contribution in [0.1, 0.15) is 348 Å². The number of phosphoric ester groups is 1. The van der Waals surface area contributed by atoms with E-state index in [-0.39, 0.29) is 19.1 Å². The van der Waals surface area contributed by atoms with Crippen molar-refractivity contribution in [1.29, 1.82) is 0 Å². The highest BCUT2D eigenvalue weighted by atomic mass is 31.2. The van der Waals surface area contributed by atoms with Crippen LogP contribution in [0.2, 0.25) is 0 Å². The molecule has 0 saturated carbocycles. The third-order valence-corrected chi connectivity index (χ3v) is 18.0. The molecule has 0 aliphatic rings. The molecule has 0 bridgehead atoms. The van der Waals surface area contributed by atoms with Gasteiger partial charge in [-0.15, -0.1) is 0 Å². The van der Waals surface area contributed by atoms with Crippen molar-refractivity contribution in [3.8, 4) is 0 Å². The van der Waals surface area contributed by atoms with Gasteiger partial charge in [-0.3, -0.25) is 13.8 Å². The second kappa shape index (κ2) is 70.5. The lowest BCUT2D eigenvalue weighted by Crippen LogP contribution is -2.45. The molecule has 0 radical (unpaired) electrons. The van der Waals surface area contributed by atoms with E-state index in [0.29, 0.717) is 17.4 Å². The van der Waals surface area contributed by atoms with Crippen LogP contribution in [0.5, 0.6) is 0 Å². The van der Waals surface area contributed by atoms with E-state index in [1.165, 1.54) is 244 Å². The Bertz CT molecular complexity index is 1840. The average Bonchev–Trinajstić information content (AvgIpc) is 3.72. The predicted molar refractivity (Wildman–Crippen MR) is 396 cm³/mol. The van der Waals surface area contributed by atoms with Gasteiger partial charge in [0.2, 0.25) is 5.91 Å². The molecule has 0 aliphatic heterocycles. The Morgan fingerprint density at radius 2 is 0.678 bits per heavy atom. The van der Waals surface area contributed by atoms with Gasteiger partial charge >= 0.3 is 7.82 Å². The lowest BCUT2D eigenvalue weighted by Gasteiger charge is -2.25. The number of aliphatic hydroxyl groups is 1. The zero-order valence-electron chi connectivity index (χ0n) is 59.9. The third-order valence-electron chi connectivity index (χ3n) is 17.0. The van der Waals surface area contributed by atoms with Crippen LogP contribution in [0.4, 0.5) is 0 Å². The lowest BCUT2D eigenvalue weighted by molar-refractivity contribution is -0.870. The Morgan fingerprint density at radius 1 is 0.389 bits per heavy atom. The number of amides is 1. The second-order valence-electron chi connectivity index (χ2n) is 27.0. The van der Waals surface area contributed by atoms with Crippen LogP contribution in [0.15, 0.2) is 109 Å². The normalized spacial score (nSPS) is 14.2. The molecule has 9 heteroatoms. The first-order valence-electron chi connectivity index (χ1n) is 38.3. The molecule has 0 saturated heterocycles. The second-order valence-corrected chi connectivity index (χ2v) is 28.4. The molecule has 1 amide bonds. The summed E-state index contributed by atoms with van der Waals surface area (Å²) in [7, 11) is 1.56. The number of rotatable bonds is 70. The van der Waals surface area contributed by atoms with Gasteiger partial charge in [-0.25, -0.2) is 4.57 Å². The van der Waals surface area contributed by atoms with Crippen LogP contribution in [-0.4, -0.2) is 73.4 Å². The van der Waals surface area contributed by atoms with Crippen LogP contribution >= 0.6 is 7.82 Å². The number of nitrogens with one attached hydrogen (secondary N) is 1. The van der Waals surface area contributed by atoms with Gasteiger partial charge in [0.1, 0.15) is 13.2 Å². The predicted octanol–water partition coefficient (Wildman–Crippen LogP) is 25.0. The topological polar surface area (TPSA) is 105 Å². The van der Waals surface area contributed by atoms with Gasteiger partial charge in [0.15, 0.2) is 0 Å². The summed E-state index contributed by atoms with van der Waals surface area (Å²) in [6.45, 7) is 4.72. The van der Waals surface area contributed by atoms with E-state index in [4.69, 9.17) is 9.05 Å². The van der Waals surface area contributed by atoms with Crippen molar-refractivity contribution < 1.29 is 32.9 Å². The number of nitrogens with zero attached hydrogens (tertiary/aromatic N) is 1. The fourth-order valence-electron chi connectivity index (χ4n) is 11.1. The van der Waals surface area contributed by atoms with Crippen molar-refractivity contribution in [3.63, 3.8) is 0 Å². The molecule has 0 aromatic heterocycles. The molecule has 522 valence electrons. The highest BCUT2D eigenvalue weighted by Crippen LogP contribution is 2.43. The number of hydrogen-bond acceptors (Lipinski definition) is 5. The van der Waals surface area contributed by atoms with Gasteiger partial charge in [0, 0.05) is 6.42 Å². The number of allylic oxidation sites excluding steroid dienone is 17. The van der Waals surface area contributed by atoms with Gasteiger partial charge in [-0.2, -0.15) is 0 Å². The van der Waals surface area contributed by atoms with Crippen molar-refractivity contribution in [2.45, 2.75) is 360 Å². The fourth-order valence-corrected chi connectivity index (χ4v) is 11.8.